The summed E-state index contributed by atoms with van der Waals surface area (Å²) in [5.74, 6) is -5.36. The van der Waals surface area contributed by atoms with Crippen LogP contribution in [0.4, 0.5) is 0 Å². The molecule has 26 nitrogen and oxygen atoms in total. The first kappa shape index (κ1) is 53.3. The Morgan fingerprint density at radius 1 is 0.639 bits per heavy atom. The molecule has 0 bridgehead atoms. The van der Waals surface area contributed by atoms with Crippen LogP contribution in [0.2, 0.25) is 0 Å². The van der Waals surface area contributed by atoms with E-state index in [9.17, 15) is 75.7 Å². The number of esters is 2. The zero-order chi connectivity index (χ0) is 52.1. The maximum Gasteiger partial charge on any atom is 0.402 e. The molecular weight excluding hydrogens is 968 g/mol. The van der Waals surface area contributed by atoms with E-state index >= 15 is 0 Å². The van der Waals surface area contributed by atoms with Crippen LogP contribution in [0.1, 0.15) is 12.0 Å². The second kappa shape index (κ2) is 22.9. The molecule has 0 saturated carbocycles. The molecule has 3 aromatic carbocycles. The van der Waals surface area contributed by atoms with E-state index in [0.29, 0.717) is 5.56 Å². The number of carboxylic acids is 1. The molecule has 0 aliphatic carbocycles. The minimum absolute atomic E-state index is 0.113. The van der Waals surface area contributed by atoms with Gasteiger partial charge in [-0.3, -0.25) is 9.59 Å². The molecule has 72 heavy (non-hydrogen) atoms. The summed E-state index contributed by atoms with van der Waals surface area (Å²) in [5.41, 5.74) is 0.412. The molecule has 0 amide bonds. The Morgan fingerprint density at radius 3 is 1.92 bits per heavy atom. The highest BCUT2D eigenvalue weighted by Gasteiger charge is 2.52. The first-order valence-electron chi connectivity index (χ1n) is 21.8. The molecule has 3 aliphatic rings. The zero-order valence-electron chi connectivity index (χ0n) is 37.5. The van der Waals surface area contributed by atoms with Gasteiger partial charge in [0.2, 0.25) is 18.3 Å². The van der Waals surface area contributed by atoms with Crippen LogP contribution in [-0.4, -0.2) is 203 Å². The van der Waals surface area contributed by atoms with E-state index in [4.69, 9.17) is 52.2 Å². The summed E-state index contributed by atoms with van der Waals surface area (Å²) in [6.07, 6.45) is -27.1. The van der Waals surface area contributed by atoms with E-state index in [1.165, 1.54) is 61.7 Å². The van der Waals surface area contributed by atoms with Gasteiger partial charge in [-0.2, -0.15) is 0 Å². The van der Waals surface area contributed by atoms with Gasteiger partial charge in [0.25, 0.3) is 0 Å². The number of aromatic hydroxyl groups is 3. The number of methoxy groups -OCH3 is 1. The number of carbonyl (C=O) groups is 3. The quantitative estimate of drug-likeness (QED) is 0.0235. The van der Waals surface area contributed by atoms with Crippen molar-refractivity contribution in [2.24, 2.45) is 0 Å². The number of aliphatic hydroxyl groups is 9. The predicted octanol–water partition coefficient (Wildman–Crippen LogP) is -2.02. The van der Waals surface area contributed by atoms with Crippen molar-refractivity contribution in [3.63, 3.8) is 0 Å². The summed E-state index contributed by atoms with van der Waals surface area (Å²) in [4.78, 5) is 35.8. The highest BCUT2D eigenvalue weighted by Crippen LogP contribution is 2.43. The highest BCUT2D eigenvalue weighted by atomic mass is 16.8. The standard InChI is InChI=1S/C46H50O26/c1-63-26-10-18(2-8-23(26)50)3-9-32(53)64-16-30-36(57)39(60)43(72-45-41(62)37(58)34(55)28(15-47)69-45)46(71-30)68-27-13-22-24(66-42(27)19-4-6-20(48)7-5-19)11-21(49)12-25(22)67-44-40(61)38(59)35(56)29(70-44)17-65-33(54)14-31(51)52/h2-13,28-30,34-41,43-47,55-62H,14-17H2,1H3,(H3-,48,49,50,51,52,53)/p+1/t28-,29-,30-,34-,35-,36-,37+,38+,39+,40-,41-,43-,44-,45+,46-/m1/s1. The van der Waals surface area contributed by atoms with Crippen molar-refractivity contribution in [1.29, 1.82) is 0 Å². The Labute approximate surface area is 405 Å². The van der Waals surface area contributed by atoms with Gasteiger partial charge >= 0.3 is 29.3 Å². The number of phenolic OH excluding ortho intramolecular Hbond substituents is 3. The molecule has 3 fully saturated rings. The van der Waals surface area contributed by atoms with Gasteiger partial charge in [-0.1, -0.05) is 6.07 Å². The lowest BCUT2D eigenvalue weighted by atomic mass is 9.97. The fourth-order valence-electron chi connectivity index (χ4n) is 7.71. The molecule has 4 heterocycles. The van der Waals surface area contributed by atoms with Gasteiger partial charge in [0.05, 0.1) is 25.3 Å². The lowest BCUT2D eigenvalue weighted by molar-refractivity contribution is -0.357. The van der Waals surface area contributed by atoms with Gasteiger partial charge in [0, 0.05) is 18.2 Å². The fraction of sp³-hybridized carbons (Fsp3) is 0.435. The Balaban J connectivity index is 1.24. The number of rotatable bonds is 17. The first-order chi connectivity index (χ1) is 34.3. The van der Waals surface area contributed by atoms with Crippen molar-refractivity contribution in [3.05, 3.63) is 72.3 Å². The summed E-state index contributed by atoms with van der Waals surface area (Å²) in [7, 11) is 1.33. The first-order valence-corrected chi connectivity index (χ1v) is 21.8. The van der Waals surface area contributed by atoms with Crippen molar-refractivity contribution < 1.29 is 128 Å². The molecule has 3 saturated heterocycles. The summed E-state index contributed by atoms with van der Waals surface area (Å²) in [6.45, 7) is -2.44. The third-order valence-corrected chi connectivity index (χ3v) is 11.6. The number of carbonyl (C=O) groups excluding carboxylic acids is 2. The average Bonchev–Trinajstić information content (AvgIpc) is 3.35. The van der Waals surface area contributed by atoms with Crippen molar-refractivity contribution in [2.45, 2.75) is 98.5 Å². The van der Waals surface area contributed by atoms with Gasteiger partial charge in [0.1, 0.15) is 109 Å². The summed E-state index contributed by atoms with van der Waals surface area (Å²) < 4.78 is 57.0. The molecular formula is C46H51O26+. The zero-order valence-corrected chi connectivity index (χ0v) is 37.5. The maximum absolute atomic E-state index is 12.9. The van der Waals surface area contributed by atoms with Crippen LogP contribution in [0, 0.1) is 0 Å². The van der Waals surface area contributed by atoms with E-state index in [0.717, 1.165) is 18.2 Å². The number of carboxylic acid groups (broad SMARTS) is 1. The molecule has 13 N–H and O–H groups in total. The van der Waals surface area contributed by atoms with Gasteiger partial charge < -0.3 is 109 Å². The average molecular weight is 1020 g/mol. The van der Waals surface area contributed by atoms with E-state index in [1.807, 2.05) is 0 Å². The number of benzene rings is 3. The Morgan fingerprint density at radius 2 is 1.25 bits per heavy atom. The largest absolute Gasteiger partial charge is 0.508 e. The predicted molar refractivity (Wildman–Crippen MR) is 235 cm³/mol. The molecule has 15 atom stereocenters. The molecule has 390 valence electrons. The summed E-state index contributed by atoms with van der Waals surface area (Å²) in [5, 5.41) is 137. The van der Waals surface area contributed by atoms with Crippen LogP contribution < -0.4 is 14.2 Å². The molecule has 0 spiro atoms. The smallest absolute Gasteiger partial charge is 0.402 e. The minimum atomic E-state index is -2.09. The van der Waals surface area contributed by atoms with Crippen LogP contribution in [-0.2, 0) is 42.8 Å². The number of ether oxygens (including phenoxy) is 9. The summed E-state index contributed by atoms with van der Waals surface area (Å²) >= 11 is 0. The van der Waals surface area contributed by atoms with E-state index in [-0.39, 0.29) is 51.0 Å². The molecule has 1 aromatic heterocycles. The normalized spacial score (nSPS) is 30.7. The Kier molecular flexibility index (Phi) is 17.0. The van der Waals surface area contributed by atoms with Crippen LogP contribution in [0.5, 0.6) is 34.5 Å². The van der Waals surface area contributed by atoms with E-state index in [1.54, 1.807) is 0 Å². The Bertz CT molecular complexity index is 2570. The second-order valence-electron chi connectivity index (χ2n) is 16.6. The third kappa shape index (κ3) is 12.0. The number of hydrogen-bond donors (Lipinski definition) is 13. The van der Waals surface area contributed by atoms with Crippen LogP contribution in [0.25, 0.3) is 28.4 Å². The lowest BCUT2D eigenvalue weighted by Gasteiger charge is -2.45. The highest BCUT2D eigenvalue weighted by molar-refractivity contribution is 5.90. The third-order valence-electron chi connectivity index (χ3n) is 11.6. The van der Waals surface area contributed by atoms with E-state index < -0.39 is 142 Å². The van der Waals surface area contributed by atoms with Gasteiger partial charge in [-0.25, -0.2) is 9.21 Å². The fourth-order valence-corrected chi connectivity index (χ4v) is 7.71. The monoisotopic (exact) mass is 1020 g/mol. The Hall–Kier alpha value is -6.50. The number of phenols is 3. The number of aliphatic carboxylic acids is 1. The molecule has 4 aromatic rings. The topological polar surface area (TPSA) is 409 Å². The minimum Gasteiger partial charge on any atom is -0.508 e. The molecule has 7 rings (SSSR count). The van der Waals surface area contributed by atoms with E-state index in [2.05, 4.69) is 0 Å². The van der Waals surface area contributed by atoms with Crippen molar-refractivity contribution >= 4 is 35.0 Å². The molecule has 3 aliphatic heterocycles. The van der Waals surface area contributed by atoms with Crippen LogP contribution in [0.3, 0.4) is 0 Å². The SMILES string of the molecule is COc1cc(/C=C/C(=O)OC[C@H]2O[C@@H](Oc3cc4c(O[C@@H]5O[C@H](COC(=O)CC(=O)O)[C@@H](O)[C@H](O)[C@H]5O)cc(O)cc4[o+]c3-c3ccc(O)cc3)[C@H](O[C@@H]3O[C@H](CO)[C@@H](O)[C@H](O)[C@H]3O)[C@@H](O)[C@@H]2O)ccc1O. The molecule has 26 heteroatoms. The second-order valence-corrected chi connectivity index (χ2v) is 16.6. The van der Waals surface area contributed by atoms with Crippen molar-refractivity contribution in [2.75, 3.05) is 26.9 Å². The van der Waals surface area contributed by atoms with Crippen LogP contribution >= 0.6 is 0 Å². The molecule has 0 radical (unpaired) electrons. The number of fused-ring (bicyclic) bond motifs is 1. The van der Waals surface area contributed by atoms with Crippen LogP contribution in [0.15, 0.2) is 71.2 Å². The van der Waals surface area contributed by atoms with Crippen molar-refractivity contribution in [3.8, 4) is 45.8 Å². The number of hydrogen-bond acceptors (Lipinski definition) is 24. The number of aliphatic hydroxyl groups excluding tert-OH is 9. The lowest BCUT2D eigenvalue weighted by Crippen LogP contribution is -2.65. The van der Waals surface area contributed by atoms with Gasteiger partial charge in [-0.15, -0.1) is 0 Å². The molecule has 0 unspecified atom stereocenters. The van der Waals surface area contributed by atoms with Crippen molar-refractivity contribution in [1.82, 2.24) is 0 Å². The van der Waals surface area contributed by atoms with Gasteiger partial charge in [0.15, 0.2) is 23.9 Å². The summed E-state index contributed by atoms with van der Waals surface area (Å²) in [6, 6.07) is 12.9. The van der Waals surface area contributed by atoms with Gasteiger partial charge in [-0.05, 0) is 48.0 Å². The maximum atomic E-state index is 12.9.